The smallest absolute Gasteiger partial charge is 0.281 e. The lowest BCUT2D eigenvalue weighted by molar-refractivity contribution is 0.0959. The summed E-state index contributed by atoms with van der Waals surface area (Å²) in [4.78, 5) is 14.2. The molecule has 0 aliphatic heterocycles. The van der Waals surface area contributed by atoms with E-state index in [4.69, 9.17) is 4.42 Å². The molecule has 0 radical (unpaired) electrons. The number of nitrogens with one attached hydrogen (secondary N) is 1. The molecule has 0 unspecified atom stereocenters. The van der Waals surface area contributed by atoms with E-state index >= 15 is 0 Å². The Bertz CT molecular complexity index is 722. The first-order valence-corrected chi connectivity index (χ1v) is 8.57. The molecular formula is C17H18N2O2S. The number of furan rings is 1. The van der Waals surface area contributed by atoms with Crippen LogP contribution in [0.4, 0.5) is 0 Å². The highest BCUT2D eigenvalue weighted by molar-refractivity contribution is 7.14. The predicted octanol–water partition coefficient (Wildman–Crippen LogP) is 3.72. The molecule has 2 aliphatic carbocycles. The molecule has 1 amide bonds. The minimum Gasteiger partial charge on any atom is -0.460 e. The molecule has 2 aromatic rings. The van der Waals surface area contributed by atoms with Crippen LogP contribution in [0.1, 0.15) is 57.3 Å². The molecule has 2 atom stereocenters. The Kier molecular flexibility index (Phi) is 3.37. The van der Waals surface area contributed by atoms with E-state index in [1.54, 1.807) is 17.6 Å². The lowest BCUT2D eigenvalue weighted by Gasteiger charge is -1.95. The number of carbonyl (C=O) groups excluding carboxylic acids is 1. The fourth-order valence-electron chi connectivity index (χ4n) is 3.01. The quantitative estimate of drug-likeness (QED) is 0.691. The molecule has 1 fully saturated rings. The summed E-state index contributed by atoms with van der Waals surface area (Å²) in [5.74, 6) is 2.85. The number of nitrogens with zero attached hydrogens (tertiary/aromatic N) is 1. The van der Waals surface area contributed by atoms with Gasteiger partial charge in [0.2, 0.25) is 0 Å². The van der Waals surface area contributed by atoms with Crippen LogP contribution in [-0.2, 0) is 12.8 Å². The zero-order chi connectivity index (χ0) is 15.1. The fourth-order valence-corrected chi connectivity index (χ4v) is 4.15. The van der Waals surface area contributed by atoms with Crippen molar-refractivity contribution in [3.05, 3.63) is 45.0 Å². The number of aryl methyl sites for hydroxylation is 2. The second-order valence-electron chi connectivity index (χ2n) is 6.17. The van der Waals surface area contributed by atoms with Gasteiger partial charge < -0.3 is 4.42 Å². The van der Waals surface area contributed by atoms with E-state index in [1.807, 2.05) is 18.2 Å². The molecule has 1 N–H and O–H groups in total. The van der Waals surface area contributed by atoms with Crippen LogP contribution in [0.5, 0.6) is 0 Å². The lowest BCUT2D eigenvalue weighted by Crippen LogP contribution is -2.16. The summed E-state index contributed by atoms with van der Waals surface area (Å²) in [6.45, 7) is 2.22. The van der Waals surface area contributed by atoms with E-state index < -0.39 is 0 Å². The maximum absolute atomic E-state index is 12.1. The number of hydrogen-bond acceptors (Lipinski definition) is 4. The Balaban J connectivity index is 1.37. The van der Waals surface area contributed by atoms with Crippen molar-refractivity contribution >= 4 is 23.5 Å². The highest BCUT2D eigenvalue weighted by Gasteiger charge is 2.36. The van der Waals surface area contributed by atoms with Gasteiger partial charge in [-0.2, -0.15) is 5.10 Å². The van der Waals surface area contributed by atoms with Crippen molar-refractivity contribution < 1.29 is 9.21 Å². The molecule has 2 heterocycles. The van der Waals surface area contributed by atoms with Crippen LogP contribution in [0, 0.1) is 5.92 Å². The number of carbonyl (C=O) groups is 1. The topological polar surface area (TPSA) is 54.6 Å². The van der Waals surface area contributed by atoms with E-state index in [9.17, 15) is 4.79 Å². The number of amides is 1. The van der Waals surface area contributed by atoms with Crippen molar-refractivity contribution in [3.63, 3.8) is 0 Å². The molecule has 114 valence electrons. The van der Waals surface area contributed by atoms with Gasteiger partial charge in [0.15, 0.2) is 0 Å². The monoisotopic (exact) mass is 314 g/mol. The molecule has 5 heteroatoms. The summed E-state index contributed by atoms with van der Waals surface area (Å²) in [7, 11) is 0. The Morgan fingerprint density at radius 1 is 1.45 bits per heavy atom. The van der Waals surface area contributed by atoms with Gasteiger partial charge in [-0.25, -0.2) is 5.43 Å². The SMILES string of the molecule is C[C@@H]1C[C@@H]1c1ccc(/C=N\NC(=O)c2cc3c(s2)CCC3)o1. The van der Waals surface area contributed by atoms with E-state index in [0.717, 1.165) is 29.4 Å². The Labute approximate surface area is 133 Å². The van der Waals surface area contributed by atoms with Crippen molar-refractivity contribution in [1.29, 1.82) is 0 Å². The highest BCUT2D eigenvalue weighted by Crippen LogP contribution is 2.47. The maximum atomic E-state index is 12.1. The van der Waals surface area contributed by atoms with Crippen molar-refractivity contribution in [2.75, 3.05) is 0 Å². The van der Waals surface area contributed by atoms with E-state index in [-0.39, 0.29) is 5.91 Å². The van der Waals surface area contributed by atoms with Crippen LogP contribution in [-0.4, -0.2) is 12.1 Å². The van der Waals surface area contributed by atoms with Gasteiger partial charge in [0.25, 0.3) is 5.91 Å². The third-order valence-electron chi connectivity index (χ3n) is 4.45. The van der Waals surface area contributed by atoms with Crippen molar-refractivity contribution in [3.8, 4) is 0 Å². The Morgan fingerprint density at radius 3 is 3.09 bits per heavy atom. The number of thiophene rings is 1. The first-order chi connectivity index (χ1) is 10.7. The molecule has 0 spiro atoms. The van der Waals surface area contributed by atoms with Crippen molar-refractivity contribution in [1.82, 2.24) is 5.43 Å². The van der Waals surface area contributed by atoms with Crippen LogP contribution in [0.25, 0.3) is 0 Å². The zero-order valence-electron chi connectivity index (χ0n) is 12.5. The highest BCUT2D eigenvalue weighted by atomic mass is 32.1. The van der Waals surface area contributed by atoms with Crippen LogP contribution >= 0.6 is 11.3 Å². The third kappa shape index (κ3) is 2.61. The molecule has 4 rings (SSSR count). The molecule has 0 aromatic carbocycles. The lowest BCUT2D eigenvalue weighted by atomic mass is 10.2. The molecule has 2 aliphatic rings. The summed E-state index contributed by atoms with van der Waals surface area (Å²) in [5.41, 5.74) is 3.91. The summed E-state index contributed by atoms with van der Waals surface area (Å²) >= 11 is 1.58. The summed E-state index contributed by atoms with van der Waals surface area (Å²) in [6, 6.07) is 5.90. The second kappa shape index (κ2) is 5.39. The van der Waals surface area contributed by atoms with Crippen LogP contribution in [0.3, 0.4) is 0 Å². The van der Waals surface area contributed by atoms with Gasteiger partial charge in [-0.3, -0.25) is 4.79 Å². The minimum atomic E-state index is -0.141. The van der Waals surface area contributed by atoms with Gasteiger partial charge in [-0.05, 0) is 55.4 Å². The average Bonchev–Trinajstić information content (AvgIpc) is 2.93. The first-order valence-electron chi connectivity index (χ1n) is 7.75. The third-order valence-corrected chi connectivity index (χ3v) is 5.69. The fraction of sp³-hybridized carbons (Fsp3) is 0.412. The molecule has 1 saturated carbocycles. The van der Waals surface area contributed by atoms with Gasteiger partial charge in [-0.15, -0.1) is 11.3 Å². The first kappa shape index (κ1) is 13.8. The molecular weight excluding hydrogens is 296 g/mol. The number of hydrogen-bond donors (Lipinski definition) is 1. The largest absolute Gasteiger partial charge is 0.460 e. The average molecular weight is 314 g/mol. The van der Waals surface area contributed by atoms with E-state index in [2.05, 4.69) is 17.5 Å². The summed E-state index contributed by atoms with van der Waals surface area (Å²) < 4.78 is 5.72. The molecule has 22 heavy (non-hydrogen) atoms. The Morgan fingerprint density at radius 2 is 2.32 bits per heavy atom. The van der Waals surface area contributed by atoms with Crippen LogP contribution in [0.15, 0.2) is 27.7 Å². The van der Waals surface area contributed by atoms with E-state index in [0.29, 0.717) is 11.7 Å². The summed E-state index contributed by atoms with van der Waals surface area (Å²) in [5, 5.41) is 4.00. The van der Waals surface area contributed by atoms with Gasteiger partial charge in [0.1, 0.15) is 11.5 Å². The van der Waals surface area contributed by atoms with Gasteiger partial charge in [-0.1, -0.05) is 6.92 Å². The van der Waals surface area contributed by atoms with Gasteiger partial charge in [0.05, 0.1) is 11.1 Å². The predicted molar refractivity (Wildman–Crippen MR) is 86.6 cm³/mol. The van der Waals surface area contributed by atoms with Gasteiger partial charge >= 0.3 is 0 Å². The number of hydrazone groups is 1. The maximum Gasteiger partial charge on any atom is 0.281 e. The molecule has 4 nitrogen and oxygen atoms in total. The van der Waals surface area contributed by atoms with Crippen molar-refractivity contribution in [2.24, 2.45) is 11.0 Å². The second-order valence-corrected chi connectivity index (χ2v) is 7.31. The van der Waals surface area contributed by atoms with Crippen molar-refractivity contribution in [2.45, 2.75) is 38.5 Å². The standard InChI is InChI=1S/C17H18N2O2S/c1-10-7-13(10)14-6-5-12(21-14)9-18-19-17(20)16-8-11-3-2-4-15(11)22-16/h5-6,8-10,13H,2-4,7H2,1H3,(H,19,20)/b18-9-/t10-,13+/m1/s1. The van der Waals surface area contributed by atoms with Crippen LogP contribution in [0.2, 0.25) is 0 Å². The number of fused-ring (bicyclic) bond motifs is 1. The van der Waals surface area contributed by atoms with Gasteiger partial charge in [0, 0.05) is 10.8 Å². The summed E-state index contributed by atoms with van der Waals surface area (Å²) in [6.07, 6.45) is 6.17. The Hall–Kier alpha value is -1.88. The number of rotatable bonds is 4. The molecule has 2 aromatic heterocycles. The normalized spacial score (nSPS) is 23.0. The molecule has 0 bridgehead atoms. The molecule has 0 saturated heterocycles. The van der Waals surface area contributed by atoms with E-state index in [1.165, 1.54) is 23.3 Å². The van der Waals surface area contributed by atoms with Crippen LogP contribution < -0.4 is 5.43 Å². The zero-order valence-corrected chi connectivity index (χ0v) is 13.3. The minimum absolute atomic E-state index is 0.141.